The third-order valence-electron chi connectivity index (χ3n) is 2.59. The Kier molecular flexibility index (Phi) is 4.01. The summed E-state index contributed by atoms with van der Waals surface area (Å²) in [6, 6.07) is 8.29. The van der Waals surface area contributed by atoms with Crippen LogP contribution in [0.5, 0.6) is 0 Å². The van der Waals surface area contributed by atoms with E-state index >= 15 is 0 Å². The molecule has 2 aromatic rings. The monoisotopic (exact) mass is 357 g/mol. The van der Waals surface area contributed by atoms with Crippen LogP contribution >= 0.6 is 31.9 Å². The van der Waals surface area contributed by atoms with Crippen LogP contribution < -0.4 is 5.32 Å². The van der Waals surface area contributed by atoms with Crippen LogP contribution in [0.2, 0.25) is 0 Å². The summed E-state index contributed by atoms with van der Waals surface area (Å²) >= 11 is 7.05. The van der Waals surface area contributed by atoms with Crippen molar-refractivity contribution in [3.8, 4) is 0 Å². The number of hydrogen-bond donors (Lipinski definition) is 1. The van der Waals surface area contributed by atoms with Gasteiger partial charge in [-0.3, -0.25) is 4.68 Å². The number of benzene rings is 1. The molecule has 0 bridgehead atoms. The lowest BCUT2D eigenvalue weighted by Crippen LogP contribution is -2.19. The van der Waals surface area contributed by atoms with Crippen molar-refractivity contribution in [2.45, 2.75) is 6.04 Å². The Balaban J connectivity index is 2.42. The Morgan fingerprint density at radius 3 is 2.59 bits per heavy atom. The molecule has 1 aromatic carbocycles. The lowest BCUT2D eigenvalue weighted by molar-refractivity contribution is 0.640. The second-order valence-electron chi connectivity index (χ2n) is 3.80. The van der Waals surface area contributed by atoms with Crippen LogP contribution in [0.1, 0.15) is 17.3 Å². The van der Waals surface area contributed by atoms with Gasteiger partial charge in [0.2, 0.25) is 0 Å². The van der Waals surface area contributed by atoms with E-state index < -0.39 is 0 Å². The molecule has 0 aliphatic heterocycles. The summed E-state index contributed by atoms with van der Waals surface area (Å²) < 4.78 is 3.94. The van der Waals surface area contributed by atoms with Crippen molar-refractivity contribution < 1.29 is 0 Å². The van der Waals surface area contributed by atoms with Crippen molar-refractivity contribution in [2.24, 2.45) is 7.05 Å². The zero-order chi connectivity index (χ0) is 12.4. The maximum absolute atomic E-state index is 4.44. The highest BCUT2D eigenvalue weighted by atomic mass is 79.9. The van der Waals surface area contributed by atoms with Gasteiger partial charge in [-0.15, -0.1) is 0 Å². The molecule has 1 aromatic heterocycles. The van der Waals surface area contributed by atoms with Gasteiger partial charge in [-0.25, -0.2) is 0 Å². The molecule has 1 atom stereocenters. The molecule has 5 heteroatoms. The van der Waals surface area contributed by atoms with Crippen LogP contribution in [-0.2, 0) is 7.05 Å². The van der Waals surface area contributed by atoms with Crippen LogP contribution in [0, 0.1) is 0 Å². The van der Waals surface area contributed by atoms with E-state index in [0.717, 1.165) is 14.6 Å². The molecule has 0 radical (unpaired) electrons. The highest BCUT2D eigenvalue weighted by molar-refractivity contribution is 9.11. The van der Waals surface area contributed by atoms with Gasteiger partial charge >= 0.3 is 0 Å². The number of nitrogens with zero attached hydrogens (tertiary/aromatic N) is 2. The molecule has 3 nitrogen and oxygen atoms in total. The van der Waals surface area contributed by atoms with Crippen LogP contribution in [0.4, 0.5) is 0 Å². The second-order valence-corrected chi connectivity index (χ2v) is 5.57. The van der Waals surface area contributed by atoms with Crippen molar-refractivity contribution >= 4 is 31.9 Å². The number of aromatic nitrogens is 2. The average Bonchev–Trinajstić information content (AvgIpc) is 2.69. The van der Waals surface area contributed by atoms with Crippen molar-refractivity contribution in [1.29, 1.82) is 0 Å². The number of halogens is 2. The Hall–Kier alpha value is -0.650. The zero-order valence-electron chi connectivity index (χ0n) is 9.61. The minimum absolute atomic E-state index is 0.0960. The molecule has 0 spiro atoms. The van der Waals surface area contributed by atoms with Crippen molar-refractivity contribution in [3.63, 3.8) is 0 Å². The molecule has 1 N–H and O–H groups in total. The van der Waals surface area contributed by atoms with Gasteiger partial charge in [-0.2, -0.15) is 5.10 Å². The van der Waals surface area contributed by atoms with Gasteiger partial charge in [0.25, 0.3) is 0 Å². The lowest BCUT2D eigenvalue weighted by Gasteiger charge is -2.16. The van der Waals surface area contributed by atoms with Crippen LogP contribution in [0.15, 0.2) is 39.4 Å². The Labute approximate surface area is 117 Å². The fourth-order valence-corrected chi connectivity index (χ4v) is 3.06. The zero-order valence-corrected chi connectivity index (χ0v) is 12.8. The fraction of sp³-hybridized carbons (Fsp3) is 0.250. The number of hydrogen-bond acceptors (Lipinski definition) is 2. The molecule has 1 heterocycles. The summed E-state index contributed by atoms with van der Waals surface area (Å²) in [6.45, 7) is 0. The predicted octanol–water partition coefficient (Wildman–Crippen LogP) is 3.25. The van der Waals surface area contributed by atoms with Crippen LogP contribution in [0.25, 0.3) is 0 Å². The van der Waals surface area contributed by atoms with Gasteiger partial charge < -0.3 is 5.32 Å². The summed E-state index contributed by atoms with van der Waals surface area (Å²) in [5.41, 5.74) is 2.19. The molecule has 2 rings (SSSR count). The maximum atomic E-state index is 4.44. The molecule has 90 valence electrons. The molecule has 0 aliphatic carbocycles. The quantitative estimate of drug-likeness (QED) is 0.912. The third-order valence-corrected chi connectivity index (χ3v) is 3.77. The van der Waals surface area contributed by atoms with E-state index in [1.54, 1.807) is 0 Å². The summed E-state index contributed by atoms with van der Waals surface area (Å²) in [7, 11) is 3.86. The molecule has 0 aliphatic rings. The fourth-order valence-electron chi connectivity index (χ4n) is 1.79. The van der Waals surface area contributed by atoms with Gasteiger partial charge in [0.1, 0.15) is 0 Å². The minimum Gasteiger partial charge on any atom is -0.308 e. The first-order valence-electron chi connectivity index (χ1n) is 5.23. The van der Waals surface area contributed by atoms with E-state index in [0.29, 0.717) is 0 Å². The maximum Gasteiger partial charge on any atom is 0.0839 e. The second kappa shape index (κ2) is 5.33. The summed E-state index contributed by atoms with van der Waals surface area (Å²) in [4.78, 5) is 0. The highest BCUT2D eigenvalue weighted by Gasteiger charge is 2.17. The normalized spacial score (nSPS) is 12.7. The smallest absolute Gasteiger partial charge is 0.0839 e. The molecule has 0 amide bonds. The van der Waals surface area contributed by atoms with Gasteiger partial charge in [0.15, 0.2) is 0 Å². The molecule has 1 unspecified atom stereocenters. The topological polar surface area (TPSA) is 29.9 Å². The van der Waals surface area contributed by atoms with E-state index in [1.807, 2.05) is 43.2 Å². The van der Waals surface area contributed by atoms with E-state index in [4.69, 9.17) is 0 Å². The first-order valence-corrected chi connectivity index (χ1v) is 6.82. The SMILES string of the molecule is CNC(c1ccn(C)n1)c1ccc(Br)cc1Br. The van der Waals surface area contributed by atoms with Gasteiger partial charge in [0.05, 0.1) is 11.7 Å². The first-order chi connectivity index (χ1) is 8.11. The van der Waals surface area contributed by atoms with Crippen LogP contribution in [0.3, 0.4) is 0 Å². The minimum atomic E-state index is 0.0960. The number of nitrogens with one attached hydrogen (secondary N) is 1. The van der Waals surface area contributed by atoms with Crippen molar-refractivity contribution in [2.75, 3.05) is 7.05 Å². The third kappa shape index (κ3) is 2.78. The Bertz CT molecular complexity index is 522. The van der Waals surface area contributed by atoms with Crippen LogP contribution in [-0.4, -0.2) is 16.8 Å². The molecule has 0 fully saturated rings. The summed E-state index contributed by atoms with van der Waals surface area (Å²) in [6.07, 6.45) is 1.95. The molecule has 17 heavy (non-hydrogen) atoms. The molecule has 0 saturated heterocycles. The van der Waals surface area contributed by atoms with E-state index in [-0.39, 0.29) is 6.04 Å². The molecule has 0 saturated carbocycles. The van der Waals surface area contributed by atoms with E-state index in [1.165, 1.54) is 5.56 Å². The van der Waals surface area contributed by atoms with Gasteiger partial charge in [0, 0.05) is 22.2 Å². The largest absolute Gasteiger partial charge is 0.308 e. The number of rotatable bonds is 3. The van der Waals surface area contributed by atoms with Crippen molar-refractivity contribution in [3.05, 3.63) is 50.7 Å². The predicted molar refractivity (Wildman–Crippen MR) is 76.0 cm³/mol. The number of aryl methyl sites for hydroxylation is 1. The van der Waals surface area contributed by atoms with Crippen molar-refractivity contribution in [1.82, 2.24) is 15.1 Å². The summed E-state index contributed by atoms with van der Waals surface area (Å²) in [5.74, 6) is 0. The average molecular weight is 359 g/mol. The summed E-state index contributed by atoms with van der Waals surface area (Å²) in [5, 5.41) is 7.73. The highest BCUT2D eigenvalue weighted by Crippen LogP contribution is 2.29. The first kappa shape index (κ1) is 12.8. The Morgan fingerprint density at radius 1 is 1.29 bits per heavy atom. The van der Waals surface area contributed by atoms with Gasteiger partial charge in [-0.05, 0) is 30.8 Å². The molecular formula is C12H13Br2N3. The standard InChI is InChI=1S/C12H13Br2N3/c1-15-12(11-5-6-17(2)16-11)9-4-3-8(13)7-10(9)14/h3-7,12,15H,1-2H3. The molecular weight excluding hydrogens is 346 g/mol. The lowest BCUT2D eigenvalue weighted by atomic mass is 10.0. The van der Waals surface area contributed by atoms with E-state index in [2.05, 4.69) is 48.3 Å². The van der Waals surface area contributed by atoms with Gasteiger partial charge in [-0.1, -0.05) is 37.9 Å². The Morgan fingerprint density at radius 2 is 2.06 bits per heavy atom. The van der Waals surface area contributed by atoms with E-state index in [9.17, 15) is 0 Å².